The number of carbonyl (C=O) groups excluding carboxylic acids is 2. The van der Waals surface area contributed by atoms with E-state index in [0.717, 1.165) is 19.5 Å². The Morgan fingerprint density at radius 1 is 0.903 bits per heavy atom. The van der Waals surface area contributed by atoms with Crippen LogP contribution in [-0.2, 0) is 35.5 Å². The Morgan fingerprint density at radius 3 is 1.97 bits per heavy atom. The first-order chi connectivity index (χ1) is 14.8. The van der Waals surface area contributed by atoms with Crippen LogP contribution in [-0.4, -0.2) is 38.2 Å². The first kappa shape index (κ1) is 26.2. The maximum absolute atomic E-state index is 11.7. The zero-order valence-electron chi connectivity index (χ0n) is 17.9. The van der Waals surface area contributed by atoms with Crippen molar-refractivity contribution in [2.45, 2.75) is 51.9 Å². The molecule has 0 spiro atoms. The highest BCUT2D eigenvalue weighted by Crippen LogP contribution is 2.23. The van der Waals surface area contributed by atoms with E-state index in [9.17, 15) is 9.59 Å². The van der Waals surface area contributed by atoms with Crippen LogP contribution in [0.2, 0.25) is 0 Å². The fraction of sp³-hybridized carbons (Fsp3) is 0.417. The minimum absolute atomic E-state index is 0.0162. The van der Waals surface area contributed by atoms with Gasteiger partial charge in [-0.05, 0) is 64.9 Å². The Morgan fingerprint density at radius 2 is 1.42 bits per heavy atom. The van der Waals surface area contributed by atoms with Crippen molar-refractivity contribution in [1.29, 1.82) is 0 Å². The third-order valence-electron chi connectivity index (χ3n) is 5.33. The molecular formula is C24H29Br3N2O2. The standard InChI is InChI=1S/C12H14BrNO.C10H13N.C2H2Br2O/c1-9-6-10-4-2-3-5-11(10)8-14(9)12(15)7-13;1-8-6-9-4-2-3-5-10(9)7-11-8;3-1-2(4)5/h2-5,9H,6-8H2,1H3;2-5,8,11H,6-7H2,1H3;1H2. The average Bonchev–Trinajstić information content (AvgIpc) is 2.78. The number of amides is 1. The van der Waals surface area contributed by atoms with E-state index in [1.54, 1.807) is 0 Å². The number of carbonyl (C=O) groups is 2. The van der Waals surface area contributed by atoms with Gasteiger partial charge in [-0.25, -0.2) is 0 Å². The zero-order valence-corrected chi connectivity index (χ0v) is 22.7. The number of nitrogens with one attached hydrogen (secondary N) is 1. The van der Waals surface area contributed by atoms with Crippen LogP contribution in [0.4, 0.5) is 0 Å². The molecule has 2 aromatic carbocycles. The van der Waals surface area contributed by atoms with Gasteiger partial charge >= 0.3 is 0 Å². The monoisotopic (exact) mass is 614 g/mol. The summed E-state index contributed by atoms with van der Waals surface area (Å²) in [5.74, 6) is 0.178. The van der Waals surface area contributed by atoms with Crippen LogP contribution in [0.15, 0.2) is 48.5 Å². The van der Waals surface area contributed by atoms with Crippen LogP contribution in [0.25, 0.3) is 0 Å². The molecule has 0 saturated heterocycles. The lowest BCUT2D eigenvalue weighted by molar-refractivity contribution is -0.131. The molecule has 31 heavy (non-hydrogen) atoms. The predicted molar refractivity (Wildman–Crippen MR) is 138 cm³/mol. The molecule has 1 amide bonds. The van der Waals surface area contributed by atoms with Crippen LogP contribution in [0, 0.1) is 0 Å². The molecule has 0 saturated carbocycles. The van der Waals surface area contributed by atoms with E-state index < -0.39 is 0 Å². The quantitative estimate of drug-likeness (QED) is 0.364. The van der Waals surface area contributed by atoms with Gasteiger partial charge in [-0.1, -0.05) is 80.4 Å². The summed E-state index contributed by atoms with van der Waals surface area (Å²) in [7, 11) is 0. The Balaban J connectivity index is 0.000000187. The number of hydrogen-bond donors (Lipinski definition) is 1. The van der Waals surface area contributed by atoms with E-state index in [0.29, 0.717) is 22.7 Å². The highest BCUT2D eigenvalue weighted by atomic mass is 79.9. The van der Waals surface area contributed by atoms with Gasteiger partial charge in [0.05, 0.1) is 10.7 Å². The first-order valence-electron chi connectivity index (χ1n) is 10.3. The van der Waals surface area contributed by atoms with Crippen molar-refractivity contribution in [1.82, 2.24) is 10.2 Å². The molecule has 4 rings (SSSR count). The molecule has 0 radical (unpaired) electrons. The zero-order chi connectivity index (χ0) is 22.8. The van der Waals surface area contributed by atoms with Gasteiger partial charge in [0.2, 0.25) is 10.6 Å². The first-order valence-corrected chi connectivity index (χ1v) is 13.4. The van der Waals surface area contributed by atoms with E-state index in [4.69, 9.17) is 0 Å². The maximum atomic E-state index is 11.7. The topological polar surface area (TPSA) is 49.4 Å². The third-order valence-corrected chi connectivity index (χ3v) is 7.35. The molecule has 1 N–H and O–H groups in total. The summed E-state index contributed by atoms with van der Waals surface area (Å²) in [5, 5.41) is 4.25. The molecular weight excluding hydrogens is 588 g/mol. The molecule has 2 unspecified atom stereocenters. The van der Waals surface area contributed by atoms with Crippen molar-refractivity contribution in [3.8, 4) is 0 Å². The maximum Gasteiger partial charge on any atom is 0.233 e. The Bertz CT molecular complexity index is 875. The molecule has 0 aliphatic carbocycles. The second kappa shape index (κ2) is 13.5. The molecule has 7 heteroatoms. The number of halogens is 3. The minimum Gasteiger partial charge on any atom is -0.335 e. The fourth-order valence-electron chi connectivity index (χ4n) is 3.70. The van der Waals surface area contributed by atoms with Crippen LogP contribution in [0.3, 0.4) is 0 Å². The molecule has 2 aromatic rings. The smallest absolute Gasteiger partial charge is 0.233 e. The normalized spacial score (nSPS) is 18.9. The summed E-state index contributed by atoms with van der Waals surface area (Å²) in [6.07, 6.45) is 2.14. The van der Waals surface area contributed by atoms with Crippen LogP contribution < -0.4 is 5.32 Å². The van der Waals surface area contributed by atoms with E-state index in [1.807, 2.05) is 11.0 Å². The van der Waals surface area contributed by atoms with E-state index in [2.05, 4.69) is 109 Å². The summed E-state index contributed by atoms with van der Waals surface area (Å²) in [5.41, 5.74) is 5.64. The van der Waals surface area contributed by atoms with Crippen molar-refractivity contribution < 1.29 is 9.59 Å². The molecule has 2 aliphatic rings. The highest BCUT2D eigenvalue weighted by Gasteiger charge is 2.25. The van der Waals surface area contributed by atoms with Crippen LogP contribution >= 0.6 is 47.8 Å². The Labute approximate surface area is 210 Å². The lowest BCUT2D eigenvalue weighted by Crippen LogP contribution is -2.43. The number of hydrogen-bond acceptors (Lipinski definition) is 3. The second-order valence-corrected chi connectivity index (χ2v) is 9.73. The van der Waals surface area contributed by atoms with Gasteiger partial charge in [-0.15, -0.1) is 0 Å². The van der Waals surface area contributed by atoms with Crippen molar-refractivity contribution in [2.75, 3.05) is 10.7 Å². The lowest BCUT2D eigenvalue weighted by atomic mass is 9.95. The molecule has 0 fully saturated rings. The summed E-state index contributed by atoms with van der Waals surface area (Å²) >= 11 is 8.83. The number of benzene rings is 2. The van der Waals surface area contributed by atoms with Crippen LogP contribution in [0.1, 0.15) is 36.1 Å². The molecule has 0 aromatic heterocycles. The Hall–Kier alpha value is -1.02. The fourth-order valence-corrected chi connectivity index (χ4v) is 4.03. The number of alkyl halides is 2. The van der Waals surface area contributed by atoms with Gasteiger partial charge in [0, 0.05) is 25.2 Å². The van der Waals surface area contributed by atoms with E-state index in [1.165, 1.54) is 28.7 Å². The molecule has 168 valence electrons. The van der Waals surface area contributed by atoms with Crippen molar-refractivity contribution in [3.05, 3.63) is 70.8 Å². The van der Waals surface area contributed by atoms with Crippen molar-refractivity contribution in [3.63, 3.8) is 0 Å². The third kappa shape index (κ3) is 8.44. The summed E-state index contributed by atoms with van der Waals surface area (Å²) in [6.45, 7) is 6.13. The van der Waals surface area contributed by atoms with E-state index >= 15 is 0 Å². The van der Waals surface area contributed by atoms with E-state index in [-0.39, 0.29) is 10.6 Å². The second-order valence-electron chi connectivity index (χ2n) is 7.72. The van der Waals surface area contributed by atoms with Gasteiger partial charge < -0.3 is 10.2 Å². The molecule has 2 aliphatic heterocycles. The highest BCUT2D eigenvalue weighted by molar-refractivity contribution is 9.19. The SMILES string of the molecule is CC1Cc2ccccc2CN1.CC1Cc2ccccc2CN1C(=O)CBr.O=C(Br)CBr. The minimum atomic E-state index is -0.0162. The molecule has 2 atom stereocenters. The van der Waals surface area contributed by atoms with Gasteiger partial charge in [0.15, 0.2) is 0 Å². The van der Waals surface area contributed by atoms with Crippen LogP contribution in [0.5, 0.6) is 0 Å². The predicted octanol–water partition coefficient (Wildman–Crippen LogP) is 5.38. The molecule has 0 bridgehead atoms. The van der Waals surface area contributed by atoms with Gasteiger partial charge in [0.25, 0.3) is 0 Å². The number of fused-ring (bicyclic) bond motifs is 2. The Kier molecular flexibility index (Phi) is 11.4. The number of nitrogens with zero attached hydrogens (tertiary/aromatic N) is 1. The molecule has 4 nitrogen and oxygen atoms in total. The largest absolute Gasteiger partial charge is 0.335 e. The average molecular weight is 617 g/mol. The van der Waals surface area contributed by atoms with Gasteiger partial charge in [-0.2, -0.15) is 0 Å². The summed E-state index contributed by atoms with van der Waals surface area (Å²) < 4.78 is -0.0162. The summed E-state index contributed by atoms with van der Waals surface area (Å²) in [4.78, 5) is 23.3. The van der Waals surface area contributed by atoms with Gasteiger partial charge in [0.1, 0.15) is 0 Å². The van der Waals surface area contributed by atoms with Crippen molar-refractivity contribution >= 4 is 58.4 Å². The van der Waals surface area contributed by atoms with Gasteiger partial charge in [-0.3, -0.25) is 9.59 Å². The number of rotatable bonds is 2. The summed E-state index contributed by atoms with van der Waals surface area (Å²) in [6, 6.07) is 18.0. The lowest BCUT2D eigenvalue weighted by Gasteiger charge is -2.34. The molecule has 2 heterocycles. The van der Waals surface area contributed by atoms with Crippen molar-refractivity contribution in [2.24, 2.45) is 0 Å².